The third-order valence-electron chi connectivity index (χ3n) is 2.72. The Morgan fingerprint density at radius 3 is 2.72 bits per heavy atom. The second kappa shape index (κ2) is 5.56. The quantitative estimate of drug-likeness (QED) is 0.828. The zero-order valence-corrected chi connectivity index (χ0v) is 12.5. The molecule has 0 saturated heterocycles. The van der Waals surface area contributed by atoms with Gasteiger partial charge in [-0.3, -0.25) is 4.98 Å². The van der Waals surface area contributed by atoms with Crippen molar-refractivity contribution in [3.05, 3.63) is 50.9 Å². The summed E-state index contributed by atoms with van der Waals surface area (Å²) in [6.07, 6.45) is 0. The smallest absolute Gasteiger partial charge is 0.138 e. The molecule has 1 aromatic heterocycles. The van der Waals surface area contributed by atoms with E-state index in [1.807, 2.05) is 13.0 Å². The molecule has 0 radical (unpaired) electrons. The van der Waals surface area contributed by atoms with E-state index in [0.29, 0.717) is 12.2 Å². The van der Waals surface area contributed by atoms with E-state index in [1.165, 1.54) is 9.13 Å². The average molecular weight is 354 g/mol. The van der Waals surface area contributed by atoms with Gasteiger partial charge in [0.15, 0.2) is 0 Å². The Bertz CT molecular complexity index is 570. The number of hydrogen-bond acceptors (Lipinski definition) is 3. The maximum atomic E-state index is 9.71. The Morgan fingerprint density at radius 1 is 1.22 bits per heavy atom. The van der Waals surface area contributed by atoms with Crippen molar-refractivity contribution in [1.29, 1.82) is 0 Å². The number of benzene rings is 1. The van der Waals surface area contributed by atoms with Gasteiger partial charge in [-0.2, -0.15) is 0 Å². The number of nitrogens with zero attached hydrogens (tertiary/aromatic N) is 1. The van der Waals surface area contributed by atoms with Gasteiger partial charge >= 0.3 is 0 Å². The molecular formula is C14H15IN2O. The first kappa shape index (κ1) is 13.1. The van der Waals surface area contributed by atoms with Gasteiger partial charge in [0.25, 0.3) is 0 Å². The number of aromatic nitrogens is 1. The minimum Gasteiger partial charge on any atom is -0.506 e. The van der Waals surface area contributed by atoms with Crippen LogP contribution in [0.3, 0.4) is 0 Å². The molecule has 2 N–H and O–H groups in total. The lowest BCUT2D eigenvalue weighted by molar-refractivity contribution is 0.464. The number of hydrogen-bond donors (Lipinski definition) is 2. The van der Waals surface area contributed by atoms with E-state index in [9.17, 15) is 5.11 Å². The zero-order chi connectivity index (χ0) is 13.1. The van der Waals surface area contributed by atoms with Crippen molar-refractivity contribution in [3.8, 4) is 5.75 Å². The van der Waals surface area contributed by atoms with E-state index >= 15 is 0 Å². The summed E-state index contributed by atoms with van der Waals surface area (Å²) < 4.78 is 1.22. The summed E-state index contributed by atoms with van der Waals surface area (Å²) in [5.41, 5.74) is 3.87. The maximum Gasteiger partial charge on any atom is 0.138 e. The molecule has 2 rings (SSSR count). The van der Waals surface area contributed by atoms with Crippen molar-refractivity contribution in [2.24, 2.45) is 0 Å². The maximum absolute atomic E-state index is 9.71. The summed E-state index contributed by atoms with van der Waals surface area (Å²) in [4.78, 5) is 4.31. The average Bonchev–Trinajstić information content (AvgIpc) is 2.34. The van der Waals surface area contributed by atoms with Crippen LogP contribution in [0.5, 0.6) is 5.75 Å². The van der Waals surface area contributed by atoms with Crippen LogP contribution in [-0.4, -0.2) is 10.1 Å². The highest BCUT2D eigenvalue weighted by molar-refractivity contribution is 14.1. The fourth-order valence-electron chi connectivity index (χ4n) is 1.62. The molecule has 94 valence electrons. The lowest BCUT2D eigenvalue weighted by atomic mass is 10.2. The fourth-order valence-corrected chi connectivity index (χ4v) is 2.14. The summed E-state index contributed by atoms with van der Waals surface area (Å²) in [6, 6.07) is 9.67. The molecule has 0 aliphatic carbocycles. The number of halogens is 1. The van der Waals surface area contributed by atoms with Crippen LogP contribution in [0.2, 0.25) is 0 Å². The minimum absolute atomic E-state index is 0.231. The second-order valence-electron chi connectivity index (χ2n) is 4.24. The van der Waals surface area contributed by atoms with Crippen molar-refractivity contribution in [2.75, 3.05) is 5.32 Å². The first-order chi connectivity index (χ1) is 8.56. The van der Waals surface area contributed by atoms with Crippen LogP contribution in [0.15, 0.2) is 30.3 Å². The lowest BCUT2D eigenvalue weighted by Gasteiger charge is -2.09. The Kier molecular flexibility index (Phi) is 4.06. The summed E-state index contributed by atoms with van der Waals surface area (Å²) in [5, 5.41) is 13.0. The normalized spacial score (nSPS) is 10.4. The van der Waals surface area contributed by atoms with Gasteiger partial charge in [0.2, 0.25) is 0 Å². The minimum atomic E-state index is 0.231. The highest BCUT2D eigenvalue weighted by Gasteiger charge is 2.03. The third kappa shape index (κ3) is 3.13. The van der Waals surface area contributed by atoms with E-state index < -0.39 is 0 Å². The Balaban J connectivity index is 2.11. The van der Waals surface area contributed by atoms with Crippen LogP contribution in [0.1, 0.15) is 17.0 Å². The molecule has 2 aromatic rings. The summed E-state index contributed by atoms with van der Waals surface area (Å²) in [5.74, 6) is 0.231. The van der Waals surface area contributed by atoms with Gasteiger partial charge < -0.3 is 10.4 Å². The van der Waals surface area contributed by atoms with E-state index in [4.69, 9.17) is 0 Å². The highest BCUT2D eigenvalue weighted by atomic mass is 127. The van der Waals surface area contributed by atoms with Gasteiger partial charge in [-0.05, 0) is 66.3 Å². The van der Waals surface area contributed by atoms with Crippen LogP contribution in [0.25, 0.3) is 0 Å². The molecule has 0 amide bonds. The molecule has 0 aliphatic rings. The predicted octanol–water partition coefficient (Wildman–Crippen LogP) is 3.62. The molecule has 0 bridgehead atoms. The SMILES string of the molecule is Cc1ccc(O)c(CNc2ccc(C)c(I)c2)n1. The molecule has 18 heavy (non-hydrogen) atoms. The van der Waals surface area contributed by atoms with Gasteiger partial charge in [0, 0.05) is 15.0 Å². The monoisotopic (exact) mass is 354 g/mol. The van der Waals surface area contributed by atoms with Crippen molar-refractivity contribution < 1.29 is 5.11 Å². The molecule has 0 atom stereocenters. The van der Waals surface area contributed by atoms with Crippen LogP contribution >= 0.6 is 22.6 Å². The largest absolute Gasteiger partial charge is 0.506 e. The number of aryl methyl sites for hydroxylation is 2. The van der Waals surface area contributed by atoms with E-state index in [2.05, 4.69) is 51.9 Å². The Morgan fingerprint density at radius 2 is 2.00 bits per heavy atom. The first-order valence-corrected chi connectivity index (χ1v) is 6.79. The van der Waals surface area contributed by atoms with Gasteiger partial charge in [-0.25, -0.2) is 0 Å². The molecule has 4 heteroatoms. The summed E-state index contributed by atoms with van der Waals surface area (Å²) in [7, 11) is 0. The van der Waals surface area contributed by atoms with Crippen molar-refractivity contribution in [2.45, 2.75) is 20.4 Å². The summed E-state index contributed by atoms with van der Waals surface area (Å²) in [6.45, 7) is 4.52. The molecule has 3 nitrogen and oxygen atoms in total. The molecule has 0 fully saturated rings. The molecule has 0 saturated carbocycles. The number of rotatable bonds is 3. The Labute approximate surface area is 120 Å². The molecular weight excluding hydrogens is 339 g/mol. The fraction of sp³-hybridized carbons (Fsp3) is 0.214. The van der Waals surface area contributed by atoms with E-state index in [1.54, 1.807) is 12.1 Å². The molecule has 0 spiro atoms. The van der Waals surface area contributed by atoms with Gasteiger partial charge in [-0.1, -0.05) is 6.07 Å². The van der Waals surface area contributed by atoms with E-state index in [-0.39, 0.29) is 5.75 Å². The van der Waals surface area contributed by atoms with Gasteiger partial charge in [0.1, 0.15) is 11.4 Å². The van der Waals surface area contributed by atoms with Gasteiger partial charge in [0.05, 0.1) is 6.54 Å². The third-order valence-corrected chi connectivity index (χ3v) is 3.88. The van der Waals surface area contributed by atoms with Crippen LogP contribution in [-0.2, 0) is 6.54 Å². The Hall–Kier alpha value is -1.30. The molecule has 1 aromatic carbocycles. The zero-order valence-electron chi connectivity index (χ0n) is 10.4. The lowest BCUT2D eigenvalue weighted by Crippen LogP contribution is -2.03. The van der Waals surface area contributed by atoms with Gasteiger partial charge in [-0.15, -0.1) is 0 Å². The molecule has 0 aliphatic heterocycles. The van der Waals surface area contributed by atoms with Crippen LogP contribution in [0.4, 0.5) is 5.69 Å². The number of aromatic hydroxyl groups is 1. The number of anilines is 1. The van der Waals surface area contributed by atoms with E-state index in [0.717, 1.165) is 11.4 Å². The number of nitrogens with one attached hydrogen (secondary N) is 1. The van der Waals surface area contributed by atoms with Crippen molar-refractivity contribution in [3.63, 3.8) is 0 Å². The van der Waals surface area contributed by atoms with Crippen molar-refractivity contribution >= 4 is 28.3 Å². The second-order valence-corrected chi connectivity index (χ2v) is 5.40. The van der Waals surface area contributed by atoms with Crippen molar-refractivity contribution in [1.82, 2.24) is 4.98 Å². The van der Waals surface area contributed by atoms with Crippen LogP contribution in [0, 0.1) is 17.4 Å². The topological polar surface area (TPSA) is 45.1 Å². The molecule has 1 heterocycles. The molecule has 0 unspecified atom stereocenters. The summed E-state index contributed by atoms with van der Waals surface area (Å²) >= 11 is 2.31. The first-order valence-electron chi connectivity index (χ1n) is 5.72. The van der Waals surface area contributed by atoms with Crippen LogP contribution < -0.4 is 5.32 Å². The number of pyridine rings is 1. The standard InChI is InChI=1S/C14H15IN2O/c1-9-3-5-11(7-12(9)15)16-8-13-14(18)6-4-10(2)17-13/h3-7,16,18H,8H2,1-2H3. The predicted molar refractivity (Wildman–Crippen MR) is 81.9 cm³/mol. The highest BCUT2D eigenvalue weighted by Crippen LogP contribution is 2.19.